The van der Waals surface area contributed by atoms with E-state index >= 15 is 0 Å². The van der Waals surface area contributed by atoms with Crippen LogP contribution in [0.2, 0.25) is 0 Å². The smallest absolute Gasteiger partial charge is 0.240 e. The maximum absolute atomic E-state index is 12.6. The normalized spacial score (nSPS) is 15.9. The summed E-state index contributed by atoms with van der Waals surface area (Å²) in [6.07, 6.45) is 0. The van der Waals surface area contributed by atoms with Gasteiger partial charge in [-0.2, -0.15) is 0 Å². The predicted molar refractivity (Wildman–Crippen MR) is 98.0 cm³/mol. The van der Waals surface area contributed by atoms with Gasteiger partial charge in [0, 0.05) is 31.1 Å². The second kappa shape index (κ2) is 6.28. The van der Waals surface area contributed by atoms with E-state index < -0.39 is 10.0 Å². The zero-order valence-corrected chi connectivity index (χ0v) is 15.4. The van der Waals surface area contributed by atoms with Crippen LogP contribution in [0.3, 0.4) is 0 Å². The molecule has 1 amide bonds. The molecule has 1 heterocycles. The van der Waals surface area contributed by atoms with E-state index in [1.54, 1.807) is 23.1 Å². The molecule has 25 heavy (non-hydrogen) atoms. The highest BCUT2D eigenvalue weighted by Crippen LogP contribution is 2.41. The van der Waals surface area contributed by atoms with E-state index in [0.29, 0.717) is 6.54 Å². The van der Waals surface area contributed by atoms with Crippen LogP contribution in [0.15, 0.2) is 53.4 Å². The minimum Gasteiger partial charge on any atom is -0.311 e. The van der Waals surface area contributed by atoms with Gasteiger partial charge in [0.15, 0.2) is 0 Å². The van der Waals surface area contributed by atoms with Gasteiger partial charge in [-0.1, -0.05) is 44.2 Å². The molecule has 0 saturated heterocycles. The van der Waals surface area contributed by atoms with Crippen molar-refractivity contribution in [2.45, 2.75) is 37.6 Å². The van der Waals surface area contributed by atoms with Crippen LogP contribution < -0.4 is 9.62 Å². The van der Waals surface area contributed by atoms with Crippen molar-refractivity contribution in [1.82, 2.24) is 4.72 Å². The first-order valence-corrected chi connectivity index (χ1v) is 9.65. The molecular formula is C19H22N2O3S. The first-order valence-electron chi connectivity index (χ1n) is 8.17. The highest BCUT2D eigenvalue weighted by Gasteiger charge is 2.37. The summed E-state index contributed by atoms with van der Waals surface area (Å²) in [5, 5.41) is 0. The standard InChI is InChI=1S/C19H22N2O3S/c1-14(22)21-13-19(2,3)17-11-16(9-10-18(17)21)25(23,24)20-12-15-7-5-4-6-8-15/h4-11,20H,12-13H2,1-3H3. The molecule has 1 N–H and O–H groups in total. The lowest BCUT2D eigenvalue weighted by Gasteiger charge is -2.19. The second-order valence-electron chi connectivity index (χ2n) is 6.98. The van der Waals surface area contributed by atoms with E-state index in [4.69, 9.17) is 0 Å². The number of nitrogens with one attached hydrogen (secondary N) is 1. The van der Waals surface area contributed by atoms with E-state index in [9.17, 15) is 13.2 Å². The third-order valence-corrected chi connectivity index (χ3v) is 5.94. The first kappa shape index (κ1) is 17.6. The van der Waals surface area contributed by atoms with Crippen molar-refractivity contribution in [3.05, 3.63) is 59.7 Å². The Morgan fingerprint density at radius 2 is 1.84 bits per heavy atom. The molecule has 0 aliphatic carbocycles. The Morgan fingerprint density at radius 1 is 1.16 bits per heavy atom. The number of carbonyl (C=O) groups is 1. The van der Waals surface area contributed by atoms with E-state index in [-0.39, 0.29) is 22.8 Å². The minimum absolute atomic E-state index is 0.0374. The lowest BCUT2D eigenvalue weighted by atomic mass is 9.87. The number of carbonyl (C=O) groups excluding carboxylic acids is 1. The van der Waals surface area contributed by atoms with Crippen molar-refractivity contribution in [2.75, 3.05) is 11.4 Å². The molecule has 2 aromatic rings. The monoisotopic (exact) mass is 358 g/mol. The molecule has 1 aliphatic rings. The molecule has 0 bridgehead atoms. The van der Waals surface area contributed by atoms with Crippen molar-refractivity contribution >= 4 is 21.6 Å². The van der Waals surface area contributed by atoms with E-state index in [1.165, 1.54) is 6.92 Å². The predicted octanol–water partition coefficient (Wildman–Crippen LogP) is 2.81. The van der Waals surface area contributed by atoms with Gasteiger partial charge in [0.1, 0.15) is 0 Å². The maximum Gasteiger partial charge on any atom is 0.240 e. The number of hydrogen-bond acceptors (Lipinski definition) is 3. The van der Waals surface area contributed by atoms with Gasteiger partial charge in [0.05, 0.1) is 4.90 Å². The summed E-state index contributed by atoms with van der Waals surface area (Å²) in [4.78, 5) is 13.8. The number of hydrogen-bond donors (Lipinski definition) is 1. The van der Waals surface area contributed by atoms with Crippen molar-refractivity contribution in [1.29, 1.82) is 0 Å². The molecule has 1 aliphatic heterocycles. The van der Waals surface area contributed by atoms with Crippen LogP contribution in [0.1, 0.15) is 31.9 Å². The van der Waals surface area contributed by atoms with Gasteiger partial charge in [-0.25, -0.2) is 13.1 Å². The number of anilines is 1. The van der Waals surface area contributed by atoms with Gasteiger partial charge in [-0.15, -0.1) is 0 Å². The minimum atomic E-state index is -3.62. The average Bonchev–Trinajstić information content (AvgIpc) is 2.85. The topological polar surface area (TPSA) is 66.5 Å². The molecule has 0 atom stereocenters. The summed E-state index contributed by atoms with van der Waals surface area (Å²) < 4.78 is 27.9. The Balaban J connectivity index is 1.90. The second-order valence-corrected chi connectivity index (χ2v) is 8.75. The van der Waals surface area contributed by atoms with Crippen LogP contribution in [0.5, 0.6) is 0 Å². The zero-order valence-electron chi connectivity index (χ0n) is 14.6. The first-order chi connectivity index (χ1) is 11.7. The third-order valence-electron chi connectivity index (χ3n) is 4.54. The van der Waals surface area contributed by atoms with E-state index in [1.807, 2.05) is 44.2 Å². The highest BCUT2D eigenvalue weighted by atomic mass is 32.2. The van der Waals surface area contributed by atoms with Crippen molar-refractivity contribution in [3.8, 4) is 0 Å². The fourth-order valence-corrected chi connectivity index (χ4v) is 4.21. The summed E-state index contributed by atoms with van der Waals surface area (Å²) in [6.45, 7) is 6.35. The number of benzene rings is 2. The lowest BCUT2D eigenvalue weighted by Crippen LogP contribution is -2.31. The SMILES string of the molecule is CC(=O)N1CC(C)(C)c2cc(S(=O)(=O)NCc3ccccc3)ccc21. The van der Waals surface area contributed by atoms with Gasteiger partial charge in [-0.3, -0.25) is 4.79 Å². The lowest BCUT2D eigenvalue weighted by molar-refractivity contribution is -0.116. The quantitative estimate of drug-likeness (QED) is 0.914. The number of sulfonamides is 1. The number of nitrogens with zero attached hydrogens (tertiary/aromatic N) is 1. The molecule has 3 rings (SSSR count). The molecule has 0 unspecified atom stereocenters. The van der Waals surface area contributed by atoms with Crippen molar-refractivity contribution in [3.63, 3.8) is 0 Å². The highest BCUT2D eigenvalue weighted by molar-refractivity contribution is 7.89. The molecule has 0 fully saturated rings. The summed E-state index contributed by atoms with van der Waals surface area (Å²) in [6, 6.07) is 14.4. The molecule has 2 aromatic carbocycles. The number of amides is 1. The largest absolute Gasteiger partial charge is 0.311 e. The molecule has 0 saturated carbocycles. The Morgan fingerprint density at radius 3 is 2.48 bits per heavy atom. The molecule has 6 heteroatoms. The van der Waals surface area contributed by atoms with E-state index in [2.05, 4.69) is 4.72 Å². The summed E-state index contributed by atoms with van der Waals surface area (Å²) in [7, 11) is -3.62. The molecule has 5 nitrogen and oxygen atoms in total. The molecule has 0 radical (unpaired) electrons. The Bertz CT molecular complexity index is 906. The van der Waals surface area contributed by atoms with Crippen LogP contribution in [0.25, 0.3) is 0 Å². The number of rotatable bonds is 4. The molecule has 0 aromatic heterocycles. The fourth-order valence-electron chi connectivity index (χ4n) is 3.16. The summed E-state index contributed by atoms with van der Waals surface area (Å²) in [5.74, 6) is -0.0374. The Kier molecular flexibility index (Phi) is 4.43. The zero-order chi connectivity index (χ0) is 18.2. The molecular weight excluding hydrogens is 336 g/mol. The maximum atomic E-state index is 12.6. The van der Waals surface area contributed by atoms with Gasteiger partial charge in [0.25, 0.3) is 0 Å². The van der Waals surface area contributed by atoms with Gasteiger partial charge in [0.2, 0.25) is 15.9 Å². The van der Waals surface area contributed by atoms with Crippen molar-refractivity contribution < 1.29 is 13.2 Å². The van der Waals surface area contributed by atoms with Gasteiger partial charge >= 0.3 is 0 Å². The summed E-state index contributed by atoms with van der Waals surface area (Å²) >= 11 is 0. The van der Waals surface area contributed by atoms with Gasteiger partial charge in [-0.05, 0) is 29.3 Å². The van der Waals surface area contributed by atoms with Crippen LogP contribution >= 0.6 is 0 Å². The molecule has 0 spiro atoms. The number of fused-ring (bicyclic) bond motifs is 1. The Hall–Kier alpha value is -2.18. The summed E-state index contributed by atoms with van der Waals surface area (Å²) in [5.41, 5.74) is 2.28. The Labute approximate surface area is 148 Å². The van der Waals surface area contributed by atoms with Crippen molar-refractivity contribution in [2.24, 2.45) is 0 Å². The van der Waals surface area contributed by atoms with E-state index in [0.717, 1.165) is 16.8 Å². The van der Waals surface area contributed by atoms with Crippen LogP contribution in [0, 0.1) is 0 Å². The van der Waals surface area contributed by atoms with Crippen LogP contribution in [-0.2, 0) is 26.8 Å². The fraction of sp³-hybridized carbons (Fsp3) is 0.316. The van der Waals surface area contributed by atoms with Crippen LogP contribution in [-0.4, -0.2) is 20.9 Å². The third kappa shape index (κ3) is 3.45. The molecule has 132 valence electrons. The van der Waals surface area contributed by atoms with Crippen LogP contribution in [0.4, 0.5) is 5.69 Å². The van der Waals surface area contributed by atoms with Gasteiger partial charge < -0.3 is 4.90 Å². The average molecular weight is 358 g/mol.